The lowest BCUT2D eigenvalue weighted by Gasteiger charge is -2.51. The van der Waals surface area contributed by atoms with Crippen molar-refractivity contribution in [3.05, 3.63) is 11.6 Å². The molecule has 27 heavy (non-hydrogen) atoms. The van der Waals surface area contributed by atoms with Crippen LogP contribution in [0.4, 0.5) is 0 Å². The number of carbonyl (C=O) groups excluding carboxylic acids is 1. The van der Waals surface area contributed by atoms with Crippen molar-refractivity contribution < 1.29 is 14.6 Å². The summed E-state index contributed by atoms with van der Waals surface area (Å²) < 4.78 is 6.05. The van der Waals surface area contributed by atoms with Gasteiger partial charge in [0, 0.05) is 11.3 Å². The summed E-state index contributed by atoms with van der Waals surface area (Å²) in [6.07, 6.45) is 12.0. The molecule has 3 nitrogen and oxygen atoms in total. The van der Waals surface area contributed by atoms with Crippen LogP contribution in [0.15, 0.2) is 11.6 Å². The molecule has 0 aromatic carbocycles. The normalized spacial score (nSPS) is 47.0. The summed E-state index contributed by atoms with van der Waals surface area (Å²) in [4.78, 5) is 11.9. The van der Waals surface area contributed by atoms with Crippen LogP contribution in [-0.4, -0.2) is 29.2 Å². The summed E-state index contributed by atoms with van der Waals surface area (Å²) in [5.41, 5.74) is 1.87. The monoisotopic (exact) mass is 374 g/mol. The number of unbranched alkanes of at least 4 members (excludes halogenated alkanes) is 1. The van der Waals surface area contributed by atoms with Crippen molar-refractivity contribution >= 4 is 5.78 Å². The Morgan fingerprint density at radius 3 is 2.85 bits per heavy atom. The van der Waals surface area contributed by atoms with Crippen molar-refractivity contribution in [2.24, 2.45) is 35.0 Å². The van der Waals surface area contributed by atoms with E-state index in [1.54, 1.807) is 12.5 Å². The molecule has 9 atom stereocenters. The molecule has 3 fully saturated rings. The minimum absolute atomic E-state index is 0.0868. The van der Waals surface area contributed by atoms with Gasteiger partial charge in [0.15, 0.2) is 0 Å². The number of aliphatic hydroxyl groups is 1. The van der Waals surface area contributed by atoms with Gasteiger partial charge < -0.3 is 9.84 Å². The third-order valence-corrected chi connectivity index (χ3v) is 8.85. The average molecular weight is 375 g/mol. The second-order valence-corrected chi connectivity index (χ2v) is 10.2. The van der Waals surface area contributed by atoms with Crippen LogP contribution in [0.1, 0.15) is 79.1 Å². The minimum Gasteiger partial charge on any atom is -0.390 e. The van der Waals surface area contributed by atoms with E-state index in [4.69, 9.17) is 4.74 Å². The van der Waals surface area contributed by atoms with Gasteiger partial charge in [-0.1, -0.05) is 45.3 Å². The molecule has 3 heteroatoms. The SMILES string of the molecule is CCCCC1C(C2CCC([C@H](C)C(C)=O)C2)=CCC2CC(O)[C@@H]3OC3C21C. The van der Waals surface area contributed by atoms with E-state index in [1.165, 1.54) is 38.5 Å². The molecular formula is C24H38O3. The molecule has 7 unspecified atom stereocenters. The molecule has 1 N–H and O–H groups in total. The molecule has 4 aliphatic rings. The highest BCUT2D eigenvalue weighted by Crippen LogP contribution is 2.63. The van der Waals surface area contributed by atoms with Gasteiger partial charge >= 0.3 is 0 Å². The summed E-state index contributed by atoms with van der Waals surface area (Å²) in [5.74, 6) is 2.91. The largest absolute Gasteiger partial charge is 0.390 e. The third kappa shape index (κ3) is 3.23. The number of allylic oxidation sites excluding steroid dienone is 2. The number of carbonyl (C=O) groups is 1. The summed E-state index contributed by atoms with van der Waals surface area (Å²) in [6.45, 7) is 8.63. The van der Waals surface area contributed by atoms with Gasteiger partial charge in [0.25, 0.3) is 0 Å². The molecule has 1 heterocycles. The van der Waals surface area contributed by atoms with Crippen molar-refractivity contribution in [3.8, 4) is 0 Å². The molecule has 1 aliphatic heterocycles. The number of ketones is 1. The predicted octanol–water partition coefficient (Wildman–Crippen LogP) is 4.92. The molecular weight excluding hydrogens is 336 g/mol. The van der Waals surface area contributed by atoms with Crippen LogP contribution in [0.25, 0.3) is 0 Å². The summed E-state index contributed by atoms with van der Waals surface area (Å²) in [5, 5.41) is 10.4. The van der Waals surface area contributed by atoms with Crippen LogP contribution in [0.5, 0.6) is 0 Å². The van der Waals surface area contributed by atoms with Crippen LogP contribution in [0.2, 0.25) is 0 Å². The lowest BCUT2D eigenvalue weighted by Crippen LogP contribution is -2.50. The highest BCUT2D eigenvalue weighted by Gasteiger charge is 2.65. The van der Waals surface area contributed by atoms with Crippen LogP contribution < -0.4 is 0 Å². The Morgan fingerprint density at radius 1 is 1.37 bits per heavy atom. The zero-order valence-electron chi connectivity index (χ0n) is 17.6. The van der Waals surface area contributed by atoms with Gasteiger partial charge in [0.2, 0.25) is 0 Å². The van der Waals surface area contributed by atoms with E-state index in [0.717, 1.165) is 12.8 Å². The van der Waals surface area contributed by atoms with Crippen LogP contribution in [-0.2, 0) is 9.53 Å². The first kappa shape index (κ1) is 19.6. The lowest BCUT2D eigenvalue weighted by molar-refractivity contribution is -0.121. The summed E-state index contributed by atoms with van der Waals surface area (Å²) in [6, 6.07) is 0. The topological polar surface area (TPSA) is 49.8 Å². The third-order valence-electron chi connectivity index (χ3n) is 8.85. The molecule has 0 aromatic rings. The summed E-state index contributed by atoms with van der Waals surface area (Å²) in [7, 11) is 0. The molecule has 0 bridgehead atoms. The summed E-state index contributed by atoms with van der Waals surface area (Å²) >= 11 is 0. The number of epoxide rings is 1. The second kappa shape index (κ2) is 7.30. The quantitative estimate of drug-likeness (QED) is 0.530. The van der Waals surface area contributed by atoms with E-state index >= 15 is 0 Å². The first-order valence-corrected chi connectivity index (χ1v) is 11.4. The van der Waals surface area contributed by atoms with E-state index in [1.807, 2.05) is 0 Å². The Kier molecular flexibility index (Phi) is 5.31. The van der Waals surface area contributed by atoms with Crippen molar-refractivity contribution in [1.29, 1.82) is 0 Å². The second-order valence-electron chi connectivity index (χ2n) is 10.2. The van der Waals surface area contributed by atoms with Crippen molar-refractivity contribution in [3.63, 3.8) is 0 Å². The lowest BCUT2D eigenvalue weighted by atomic mass is 9.52. The molecule has 0 spiro atoms. The van der Waals surface area contributed by atoms with Gasteiger partial charge in [0.05, 0.1) is 12.2 Å². The Bertz CT molecular complexity index is 611. The van der Waals surface area contributed by atoms with Crippen molar-refractivity contribution in [2.75, 3.05) is 0 Å². The number of ether oxygens (including phenoxy) is 1. The van der Waals surface area contributed by atoms with E-state index in [2.05, 4.69) is 26.8 Å². The van der Waals surface area contributed by atoms with Crippen molar-refractivity contribution in [1.82, 2.24) is 0 Å². The fourth-order valence-electron chi connectivity index (χ4n) is 6.88. The van der Waals surface area contributed by atoms with Crippen LogP contribution in [0.3, 0.4) is 0 Å². The van der Waals surface area contributed by atoms with E-state index < -0.39 is 0 Å². The van der Waals surface area contributed by atoms with Gasteiger partial charge in [-0.05, 0) is 69.1 Å². The van der Waals surface area contributed by atoms with Gasteiger partial charge in [-0.15, -0.1) is 0 Å². The van der Waals surface area contributed by atoms with Crippen LogP contribution >= 0.6 is 0 Å². The fourth-order valence-corrected chi connectivity index (χ4v) is 6.88. The highest BCUT2D eigenvalue weighted by atomic mass is 16.6. The number of fused-ring (bicyclic) bond motifs is 3. The highest BCUT2D eigenvalue weighted by molar-refractivity contribution is 5.78. The maximum Gasteiger partial charge on any atom is 0.132 e. The zero-order valence-corrected chi connectivity index (χ0v) is 17.6. The average Bonchev–Trinajstić information content (AvgIpc) is 3.33. The molecule has 152 valence electrons. The standard InChI is InChI=1S/C24H38O3/c1-5-6-7-20-19(17-9-8-16(12-17)14(2)15(3)25)11-10-18-13-21(26)22-23(27-22)24(18,20)4/h11,14,16-18,20-23,26H,5-10,12-13H2,1-4H3/t14-,16?,17?,18?,20?,21?,22+,23?,24?/m1/s1. The number of aliphatic hydroxyl groups excluding tert-OH is 1. The van der Waals surface area contributed by atoms with Crippen molar-refractivity contribution in [2.45, 2.75) is 97.4 Å². The van der Waals surface area contributed by atoms with E-state index in [9.17, 15) is 9.90 Å². The van der Waals surface area contributed by atoms with E-state index in [-0.39, 0.29) is 29.6 Å². The van der Waals surface area contributed by atoms with Gasteiger partial charge in [0.1, 0.15) is 11.9 Å². The molecule has 4 rings (SSSR count). The molecule has 0 aromatic heterocycles. The smallest absolute Gasteiger partial charge is 0.132 e. The Labute approximate surface area is 164 Å². The molecule has 2 saturated carbocycles. The predicted molar refractivity (Wildman–Crippen MR) is 107 cm³/mol. The molecule has 0 radical (unpaired) electrons. The number of hydrogen-bond donors (Lipinski definition) is 1. The van der Waals surface area contributed by atoms with E-state index in [0.29, 0.717) is 29.5 Å². The minimum atomic E-state index is -0.262. The first-order valence-electron chi connectivity index (χ1n) is 11.4. The fraction of sp³-hybridized carbons (Fsp3) is 0.875. The molecule has 3 aliphatic carbocycles. The number of rotatable bonds is 6. The maximum absolute atomic E-state index is 11.9. The Hall–Kier alpha value is -0.670. The maximum atomic E-state index is 11.9. The first-order chi connectivity index (χ1) is 12.9. The Morgan fingerprint density at radius 2 is 2.15 bits per heavy atom. The molecule has 0 amide bonds. The van der Waals surface area contributed by atoms with Gasteiger partial charge in [-0.2, -0.15) is 0 Å². The van der Waals surface area contributed by atoms with Gasteiger partial charge in [-0.3, -0.25) is 4.79 Å². The van der Waals surface area contributed by atoms with Crippen LogP contribution in [0, 0.1) is 35.0 Å². The zero-order chi connectivity index (χ0) is 19.3. The van der Waals surface area contributed by atoms with Gasteiger partial charge in [-0.25, -0.2) is 0 Å². The Balaban J connectivity index is 1.57. The number of Topliss-reactive ketones (excluding diaryl/α,β-unsaturated/α-hetero) is 1. The number of hydrogen-bond acceptors (Lipinski definition) is 3. The molecule has 1 saturated heterocycles.